The average molecular weight is 426 g/mol. The van der Waals surface area contributed by atoms with Gasteiger partial charge < -0.3 is 9.64 Å². The molecule has 2 aliphatic rings. The van der Waals surface area contributed by atoms with Crippen molar-refractivity contribution in [1.29, 1.82) is 0 Å². The largest absolute Gasteiger partial charge is 0.457 e. The molecule has 1 aromatic rings. The van der Waals surface area contributed by atoms with E-state index in [1.807, 2.05) is 19.1 Å². The lowest BCUT2D eigenvalue weighted by atomic mass is 9.81. The Morgan fingerprint density at radius 3 is 2.53 bits per heavy atom. The number of nitrogens with zero attached hydrogens (tertiary/aromatic N) is 1. The van der Waals surface area contributed by atoms with E-state index in [1.54, 1.807) is 35.3 Å². The highest BCUT2D eigenvalue weighted by atomic mass is 35.5. The van der Waals surface area contributed by atoms with E-state index < -0.39 is 5.97 Å². The van der Waals surface area contributed by atoms with Gasteiger partial charge in [0, 0.05) is 29.6 Å². The summed E-state index contributed by atoms with van der Waals surface area (Å²) in [7, 11) is 0. The molecule has 30 heavy (non-hydrogen) atoms. The molecule has 1 heterocycles. The summed E-state index contributed by atoms with van der Waals surface area (Å²) in [5, 5.41) is 0.613. The molecule has 0 saturated heterocycles. The number of halogens is 1. The Labute approximate surface area is 183 Å². The van der Waals surface area contributed by atoms with Crippen LogP contribution in [0.5, 0.6) is 0 Å². The number of amides is 1. The Kier molecular flexibility index (Phi) is 7.33. The Balaban J connectivity index is 1.92. The predicted octanol–water partition coefficient (Wildman–Crippen LogP) is 5.57. The van der Waals surface area contributed by atoms with Crippen molar-refractivity contribution in [2.24, 2.45) is 5.92 Å². The predicted molar refractivity (Wildman–Crippen MR) is 120 cm³/mol. The summed E-state index contributed by atoms with van der Waals surface area (Å²) in [6.45, 7) is 10.0. The van der Waals surface area contributed by atoms with Crippen LogP contribution in [-0.4, -0.2) is 29.9 Å². The minimum atomic E-state index is -0.407. The fraction of sp³-hybridized carbons (Fsp3) is 0.360. The molecule has 0 N–H and O–H groups in total. The van der Waals surface area contributed by atoms with Crippen LogP contribution in [0.4, 0.5) is 0 Å². The number of benzene rings is 1. The van der Waals surface area contributed by atoms with Crippen LogP contribution in [-0.2, 0) is 14.3 Å². The molecule has 4 nitrogen and oxygen atoms in total. The second-order valence-corrected chi connectivity index (χ2v) is 8.30. The van der Waals surface area contributed by atoms with Gasteiger partial charge in [-0.2, -0.15) is 0 Å². The zero-order chi connectivity index (χ0) is 21.7. The summed E-state index contributed by atoms with van der Waals surface area (Å²) >= 11 is 6.04. The molecular weight excluding hydrogens is 398 g/mol. The third kappa shape index (κ3) is 4.93. The number of carbonyl (C=O) groups excluding carboxylic acids is 2. The molecule has 1 fully saturated rings. The van der Waals surface area contributed by atoms with E-state index >= 15 is 0 Å². The third-order valence-corrected chi connectivity index (χ3v) is 6.20. The average Bonchev–Trinajstić information content (AvgIpc) is 2.69. The molecule has 0 bridgehead atoms. The Morgan fingerprint density at radius 1 is 1.27 bits per heavy atom. The van der Waals surface area contributed by atoms with Gasteiger partial charge in [-0.05, 0) is 49.0 Å². The lowest BCUT2D eigenvalue weighted by molar-refractivity contribution is -0.139. The lowest BCUT2D eigenvalue weighted by Crippen LogP contribution is -2.42. The normalized spacial score (nSPS) is 20.1. The quantitative estimate of drug-likeness (QED) is 0.404. The molecule has 1 aromatic carbocycles. The van der Waals surface area contributed by atoms with E-state index in [4.69, 9.17) is 16.3 Å². The van der Waals surface area contributed by atoms with Gasteiger partial charge in [0.15, 0.2) is 0 Å². The topological polar surface area (TPSA) is 46.6 Å². The van der Waals surface area contributed by atoms with E-state index in [2.05, 4.69) is 13.2 Å². The van der Waals surface area contributed by atoms with E-state index in [-0.39, 0.29) is 24.9 Å². The highest BCUT2D eigenvalue weighted by Gasteiger charge is 2.38. The second kappa shape index (κ2) is 9.94. The number of allylic oxidation sites excluding steroid dienone is 3. The minimum absolute atomic E-state index is 0.0502. The van der Waals surface area contributed by atoms with Crippen LogP contribution in [0.25, 0.3) is 0 Å². The monoisotopic (exact) mass is 425 g/mol. The molecule has 0 spiro atoms. The first kappa shape index (κ1) is 22.1. The van der Waals surface area contributed by atoms with Gasteiger partial charge in [-0.1, -0.05) is 61.5 Å². The number of rotatable bonds is 8. The smallest absolute Gasteiger partial charge is 0.336 e. The minimum Gasteiger partial charge on any atom is -0.457 e. The van der Waals surface area contributed by atoms with Gasteiger partial charge in [0.05, 0.1) is 5.57 Å². The van der Waals surface area contributed by atoms with Crippen molar-refractivity contribution in [2.75, 3.05) is 13.2 Å². The van der Waals surface area contributed by atoms with Gasteiger partial charge in [-0.3, -0.25) is 4.79 Å². The molecule has 0 aromatic heterocycles. The zero-order valence-corrected chi connectivity index (χ0v) is 18.2. The molecule has 1 aliphatic carbocycles. The second-order valence-electron chi connectivity index (χ2n) is 7.87. The molecule has 1 amide bonds. The molecular formula is C25H28ClNO3. The number of ether oxygens (including phenoxy) is 1. The van der Waals surface area contributed by atoms with Crippen molar-refractivity contribution in [2.45, 2.75) is 38.5 Å². The maximum absolute atomic E-state index is 13.2. The summed E-state index contributed by atoms with van der Waals surface area (Å²) < 4.78 is 5.61. The maximum atomic E-state index is 13.2. The van der Waals surface area contributed by atoms with Gasteiger partial charge in [0.2, 0.25) is 5.91 Å². The fourth-order valence-corrected chi connectivity index (χ4v) is 4.09. The molecule has 0 radical (unpaired) electrons. The van der Waals surface area contributed by atoms with Crippen molar-refractivity contribution in [1.82, 2.24) is 4.90 Å². The molecule has 5 heteroatoms. The van der Waals surface area contributed by atoms with Crippen molar-refractivity contribution in [3.63, 3.8) is 0 Å². The first-order valence-electron chi connectivity index (χ1n) is 10.3. The molecule has 3 rings (SSSR count). The molecule has 1 atom stereocenters. The van der Waals surface area contributed by atoms with Gasteiger partial charge in [-0.25, -0.2) is 4.79 Å². The van der Waals surface area contributed by atoms with E-state index in [1.165, 1.54) is 6.42 Å². The van der Waals surface area contributed by atoms with Crippen LogP contribution in [0.2, 0.25) is 5.02 Å². The van der Waals surface area contributed by atoms with Crippen LogP contribution in [0.3, 0.4) is 0 Å². The zero-order valence-electron chi connectivity index (χ0n) is 17.4. The Bertz CT molecular complexity index is 893. The number of esters is 1. The first-order valence-corrected chi connectivity index (χ1v) is 10.7. The van der Waals surface area contributed by atoms with Gasteiger partial charge in [-0.15, -0.1) is 0 Å². The van der Waals surface area contributed by atoms with E-state index in [0.717, 1.165) is 24.0 Å². The standard InChI is InChI=1S/C25H28ClNO3/c1-4-7-18(5-2)16-30-25(29)24-17(3)27(15-19-8-6-9-19)23(28)14-22(24)20-10-12-21(26)13-11-20/h4-5,7,10-13,19,22H,1-2,6,8-9,14-16H2,3H3/b18-7+. The van der Waals surface area contributed by atoms with Crippen molar-refractivity contribution in [3.8, 4) is 0 Å². The molecule has 158 valence electrons. The Hall–Kier alpha value is -2.59. The van der Waals surface area contributed by atoms with Gasteiger partial charge in [0.25, 0.3) is 0 Å². The van der Waals surface area contributed by atoms with Crippen LogP contribution < -0.4 is 0 Å². The Morgan fingerprint density at radius 2 is 1.97 bits per heavy atom. The SMILES string of the molecule is C=C/C=C(\C=C)COC(=O)C1=C(C)N(CC2CCC2)C(=O)CC1c1ccc(Cl)cc1. The van der Waals surface area contributed by atoms with Gasteiger partial charge >= 0.3 is 5.97 Å². The highest BCUT2D eigenvalue weighted by molar-refractivity contribution is 6.30. The van der Waals surface area contributed by atoms with Crippen molar-refractivity contribution >= 4 is 23.5 Å². The number of hydrogen-bond donors (Lipinski definition) is 0. The van der Waals surface area contributed by atoms with Crippen molar-refractivity contribution < 1.29 is 14.3 Å². The number of carbonyl (C=O) groups is 2. The van der Waals surface area contributed by atoms with Crippen LogP contribution in [0.15, 0.2) is 72.5 Å². The lowest BCUT2D eigenvalue weighted by Gasteiger charge is -2.38. The number of hydrogen-bond acceptors (Lipinski definition) is 3. The summed E-state index contributed by atoms with van der Waals surface area (Å²) in [4.78, 5) is 27.9. The summed E-state index contributed by atoms with van der Waals surface area (Å²) in [6, 6.07) is 7.30. The van der Waals surface area contributed by atoms with Crippen LogP contribution in [0, 0.1) is 5.92 Å². The van der Waals surface area contributed by atoms with Gasteiger partial charge in [0.1, 0.15) is 6.61 Å². The molecule has 1 aliphatic heterocycles. The molecule has 1 unspecified atom stereocenters. The van der Waals surface area contributed by atoms with Crippen LogP contribution in [0.1, 0.15) is 44.1 Å². The highest BCUT2D eigenvalue weighted by Crippen LogP contribution is 2.39. The van der Waals surface area contributed by atoms with Crippen LogP contribution >= 0.6 is 11.6 Å². The third-order valence-electron chi connectivity index (χ3n) is 5.94. The van der Waals surface area contributed by atoms with Crippen molar-refractivity contribution in [3.05, 3.63) is 83.1 Å². The van der Waals surface area contributed by atoms with E-state index in [0.29, 0.717) is 28.8 Å². The summed E-state index contributed by atoms with van der Waals surface area (Å²) in [6.07, 6.45) is 8.74. The maximum Gasteiger partial charge on any atom is 0.336 e. The first-order chi connectivity index (χ1) is 14.4. The fourth-order valence-electron chi connectivity index (χ4n) is 3.97. The van der Waals surface area contributed by atoms with E-state index in [9.17, 15) is 9.59 Å². The summed E-state index contributed by atoms with van der Waals surface area (Å²) in [5.41, 5.74) is 2.87. The molecule has 1 saturated carbocycles. The summed E-state index contributed by atoms with van der Waals surface area (Å²) in [5.74, 6) is -0.198.